The van der Waals surface area contributed by atoms with E-state index < -0.39 is 11.4 Å². The van der Waals surface area contributed by atoms with Crippen molar-refractivity contribution in [1.29, 1.82) is 0 Å². The Morgan fingerprint density at radius 2 is 1.71 bits per heavy atom. The molecule has 0 saturated carbocycles. The number of carbonyl (C=O) groups is 3. The van der Waals surface area contributed by atoms with Gasteiger partial charge in [0.1, 0.15) is 0 Å². The molecule has 0 aliphatic carbocycles. The summed E-state index contributed by atoms with van der Waals surface area (Å²) in [5.74, 6) is -1.48. The number of carboxylic acids is 1. The summed E-state index contributed by atoms with van der Waals surface area (Å²) >= 11 is 0. The number of hydrogen-bond donors (Lipinski definition) is 2. The summed E-state index contributed by atoms with van der Waals surface area (Å²) < 4.78 is 0. The van der Waals surface area contributed by atoms with Crippen LogP contribution in [-0.4, -0.2) is 36.0 Å². The Labute approximate surface area is 122 Å². The van der Waals surface area contributed by atoms with Gasteiger partial charge in [0.25, 0.3) is 0 Å². The summed E-state index contributed by atoms with van der Waals surface area (Å²) in [5.41, 5.74) is 0.844. The molecule has 112 valence electrons. The van der Waals surface area contributed by atoms with Crippen molar-refractivity contribution < 1.29 is 19.5 Å². The Morgan fingerprint density at radius 3 is 2.19 bits per heavy atom. The van der Waals surface area contributed by atoms with Crippen LogP contribution in [0.3, 0.4) is 0 Å². The number of aliphatic carboxylic acids is 1. The van der Waals surface area contributed by atoms with Crippen LogP contribution in [0, 0.1) is 5.41 Å². The van der Waals surface area contributed by atoms with Crippen LogP contribution in [-0.2, 0) is 20.8 Å². The SMILES string of the molecule is CC(C)(Cc1ccc(N2CC(=O)NC(=O)C2)cc1)C(=O)O. The highest BCUT2D eigenvalue weighted by molar-refractivity contribution is 6.02. The number of amides is 2. The van der Waals surface area contributed by atoms with E-state index >= 15 is 0 Å². The first kappa shape index (κ1) is 15.0. The van der Waals surface area contributed by atoms with Crippen LogP contribution in [0.5, 0.6) is 0 Å². The Kier molecular flexibility index (Phi) is 3.97. The van der Waals surface area contributed by atoms with Crippen LogP contribution in [0.15, 0.2) is 24.3 Å². The number of nitrogens with one attached hydrogen (secondary N) is 1. The first-order valence-corrected chi connectivity index (χ1v) is 6.68. The summed E-state index contributed by atoms with van der Waals surface area (Å²) in [7, 11) is 0. The molecule has 1 aromatic rings. The predicted octanol–water partition coefficient (Wildman–Crippen LogP) is 0.803. The van der Waals surface area contributed by atoms with E-state index in [4.69, 9.17) is 5.11 Å². The molecule has 1 saturated heterocycles. The van der Waals surface area contributed by atoms with Gasteiger partial charge in [-0.3, -0.25) is 19.7 Å². The number of hydrogen-bond acceptors (Lipinski definition) is 4. The minimum absolute atomic E-state index is 0.145. The lowest BCUT2D eigenvalue weighted by Crippen LogP contribution is -2.51. The lowest BCUT2D eigenvalue weighted by molar-refractivity contribution is -0.146. The molecular weight excluding hydrogens is 272 g/mol. The molecule has 21 heavy (non-hydrogen) atoms. The normalized spacial score (nSPS) is 15.8. The van der Waals surface area contributed by atoms with E-state index in [0.717, 1.165) is 11.3 Å². The molecule has 0 spiro atoms. The lowest BCUT2D eigenvalue weighted by Gasteiger charge is -2.27. The second kappa shape index (κ2) is 5.55. The van der Waals surface area contributed by atoms with Crippen LogP contribution in [0.1, 0.15) is 19.4 Å². The molecular formula is C15H18N2O4. The van der Waals surface area contributed by atoms with Gasteiger partial charge in [-0.1, -0.05) is 12.1 Å². The van der Waals surface area contributed by atoms with Gasteiger partial charge in [0.15, 0.2) is 0 Å². The Balaban J connectivity index is 2.10. The number of benzene rings is 1. The van der Waals surface area contributed by atoms with Gasteiger partial charge < -0.3 is 10.0 Å². The van der Waals surface area contributed by atoms with E-state index in [1.165, 1.54) is 0 Å². The zero-order valence-electron chi connectivity index (χ0n) is 12.0. The van der Waals surface area contributed by atoms with Crippen molar-refractivity contribution >= 4 is 23.5 Å². The van der Waals surface area contributed by atoms with E-state index in [9.17, 15) is 14.4 Å². The number of carboxylic acid groups (broad SMARTS) is 1. The van der Waals surface area contributed by atoms with Crippen molar-refractivity contribution in [1.82, 2.24) is 5.32 Å². The van der Waals surface area contributed by atoms with Gasteiger partial charge in [-0.05, 0) is 38.0 Å². The van der Waals surface area contributed by atoms with Crippen LogP contribution in [0.25, 0.3) is 0 Å². The van der Waals surface area contributed by atoms with Gasteiger partial charge in [-0.25, -0.2) is 0 Å². The van der Waals surface area contributed by atoms with Gasteiger partial charge >= 0.3 is 5.97 Å². The maximum Gasteiger partial charge on any atom is 0.309 e. The fourth-order valence-electron chi connectivity index (χ4n) is 2.23. The number of carbonyl (C=O) groups excluding carboxylic acids is 2. The third-order valence-electron chi connectivity index (χ3n) is 3.47. The monoisotopic (exact) mass is 290 g/mol. The molecule has 1 fully saturated rings. The topological polar surface area (TPSA) is 86.7 Å². The van der Waals surface area contributed by atoms with E-state index in [2.05, 4.69) is 5.32 Å². The summed E-state index contributed by atoms with van der Waals surface area (Å²) in [5, 5.41) is 11.4. The zero-order chi connectivity index (χ0) is 15.6. The smallest absolute Gasteiger partial charge is 0.309 e. The summed E-state index contributed by atoms with van der Waals surface area (Å²) in [6, 6.07) is 7.27. The molecule has 2 N–H and O–H groups in total. The predicted molar refractivity (Wildman–Crippen MR) is 76.9 cm³/mol. The molecule has 0 bridgehead atoms. The van der Waals surface area contributed by atoms with Crippen molar-refractivity contribution in [2.75, 3.05) is 18.0 Å². The van der Waals surface area contributed by atoms with Crippen molar-refractivity contribution in [3.63, 3.8) is 0 Å². The molecule has 0 unspecified atom stereocenters. The van der Waals surface area contributed by atoms with Gasteiger partial charge in [-0.15, -0.1) is 0 Å². The summed E-state index contributed by atoms with van der Waals surface area (Å²) in [6.45, 7) is 3.64. The van der Waals surface area contributed by atoms with Gasteiger partial charge in [-0.2, -0.15) is 0 Å². The average molecular weight is 290 g/mol. The van der Waals surface area contributed by atoms with Crippen LogP contribution in [0.2, 0.25) is 0 Å². The standard InChI is InChI=1S/C15H18N2O4/c1-15(2,14(20)21)7-10-3-5-11(6-4-10)17-8-12(18)16-13(19)9-17/h3-6H,7-9H2,1-2H3,(H,20,21)(H,16,18,19). The third kappa shape index (κ3) is 3.59. The van der Waals surface area contributed by atoms with Crippen molar-refractivity contribution in [3.8, 4) is 0 Å². The molecule has 6 heteroatoms. The fraction of sp³-hybridized carbons (Fsp3) is 0.400. The first-order chi connectivity index (χ1) is 9.78. The molecule has 1 aliphatic heterocycles. The molecule has 0 atom stereocenters. The molecule has 2 amide bonds. The molecule has 0 radical (unpaired) electrons. The van der Waals surface area contributed by atoms with E-state index in [0.29, 0.717) is 6.42 Å². The zero-order valence-corrected chi connectivity index (χ0v) is 12.0. The van der Waals surface area contributed by atoms with E-state index in [1.54, 1.807) is 30.9 Å². The van der Waals surface area contributed by atoms with Crippen molar-refractivity contribution in [3.05, 3.63) is 29.8 Å². The Hall–Kier alpha value is -2.37. The van der Waals surface area contributed by atoms with Crippen LogP contribution < -0.4 is 10.2 Å². The maximum atomic E-state index is 11.3. The third-order valence-corrected chi connectivity index (χ3v) is 3.47. The number of imide groups is 1. The minimum atomic E-state index is -0.843. The molecule has 1 aliphatic rings. The highest BCUT2D eigenvalue weighted by Gasteiger charge is 2.27. The molecule has 2 rings (SSSR count). The number of rotatable bonds is 4. The van der Waals surface area contributed by atoms with E-state index in [1.807, 2.05) is 12.1 Å². The lowest BCUT2D eigenvalue weighted by atomic mass is 9.86. The second-order valence-corrected chi connectivity index (χ2v) is 5.86. The summed E-state index contributed by atoms with van der Waals surface area (Å²) in [4.78, 5) is 35.5. The average Bonchev–Trinajstić information content (AvgIpc) is 2.37. The Bertz CT molecular complexity index is 562. The van der Waals surface area contributed by atoms with Crippen LogP contribution >= 0.6 is 0 Å². The minimum Gasteiger partial charge on any atom is -0.481 e. The molecule has 1 aromatic carbocycles. The first-order valence-electron chi connectivity index (χ1n) is 6.68. The summed E-state index contributed by atoms with van der Waals surface area (Å²) in [6.07, 6.45) is 0.419. The number of piperazine rings is 1. The van der Waals surface area contributed by atoms with Crippen molar-refractivity contribution in [2.45, 2.75) is 20.3 Å². The molecule has 1 heterocycles. The van der Waals surface area contributed by atoms with Gasteiger partial charge in [0.2, 0.25) is 11.8 Å². The number of nitrogens with zero attached hydrogens (tertiary/aromatic N) is 1. The maximum absolute atomic E-state index is 11.3. The fourth-order valence-corrected chi connectivity index (χ4v) is 2.23. The quantitative estimate of drug-likeness (QED) is 0.801. The largest absolute Gasteiger partial charge is 0.481 e. The number of anilines is 1. The van der Waals surface area contributed by atoms with Gasteiger partial charge in [0, 0.05) is 5.69 Å². The Morgan fingerprint density at radius 1 is 1.19 bits per heavy atom. The second-order valence-electron chi connectivity index (χ2n) is 5.86. The van der Waals surface area contributed by atoms with E-state index in [-0.39, 0.29) is 24.9 Å². The highest BCUT2D eigenvalue weighted by atomic mass is 16.4. The molecule has 6 nitrogen and oxygen atoms in total. The van der Waals surface area contributed by atoms with Gasteiger partial charge in [0.05, 0.1) is 18.5 Å². The van der Waals surface area contributed by atoms with Crippen molar-refractivity contribution in [2.24, 2.45) is 5.41 Å². The van der Waals surface area contributed by atoms with Crippen LogP contribution in [0.4, 0.5) is 5.69 Å². The molecule has 0 aromatic heterocycles. The highest BCUT2D eigenvalue weighted by Crippen LogP contribution is 2.24.